The van der Waals surface area contributed by atoms with Crippen molar-refractivity contribution in [1.29, 1.82) is 0 Å². The van der Waals surface area contributed by atoms with Gasteiger partial charge in [0.1, 0.15) is 0 Å². The molecule has 0 aliphatic heterocycles. The summed E-state index contributed by atoms with van der Waals surface area (Å²) in [6.07, 6.45) is 0. The van der Waals surface area contributed by atoms with Gasteiger partial charge in [0.15, 0.2) is 0 Å². The highest BCUT2D eigenvalue weighted by molar-refractivity contribution is 6.21. The highest BCUT2D eigenvalue weighted by Crippen LogP contribution is 2.54. The maximum absolute atomic E-state index is 2.42. The molecule has 0 spiro atoms. The highest BCUT2D eigenvalue weighted by atomic mass is 14.4. The largest absolute Gasteiger partial charge is 0.0622 e. The molecule has 0 unspecified atom stereocenters. The number of hydrogen-bond acceptors (Lipinski definition) is 0. The third-order valence-electron chi connectivity index (χ3n) is 10.0. The van der Waals surface area contributed by atoms with Gasteiger partial charge in [-0.1, -0.05) is 166 Å². The minimum atomic E-state index is -0.0675. The van der Waals surface area contributed by atoms with E-state index in [0.29, 0.717) is 0 Å². The Morgan fingerprint density at radius 1 is 0.333 bits per heavy atom. The van der Waals surface area contributed by atoms with Gasteiger partial charge in [0.2, 0.25) is 0 Å². The Morgan fingerprint density at radius 3 is 1.53 bits per heavy atom. The minimum absolute atomic E-state index is 0.0675. The fraction of sp³-hybridized carbons (Fsp3) is 0.0667. The van der Waals surface area contributed by atoms with Gasteiger partial charge in [0, 0.05) is 5.41 Å². The average molecular weight is 573 g/mol. The summed E-state index contributed by atoms with van der Waals surface area (Å²) in [6.45, 7) is 4.75. The Hall–Kier alpha value is -5.46. The van der Waals surface area contributed by atoms with E-state index in [1.807, 2.05) is 0 Å². The molecular formula is C45H32. The zero-order chi connectivity index (χ0) is 30.1. The molecule has 8 aromatic carbocycles. The van der Waals surface area contributed by atoms with Crippen LogP contribution in [0.25, 0.3) is 76.8 Å². The summed E-state index contributed by atoms with van der Waals surface area (Å²) in [5.74, 6) is 0. The topological polar surface area (TPSA) is 0 Å². The van der Waals surface area contributed by atoms with Gasteiger partial charge in [0.25, 0.3) is 0 Å². The standard InChI is InChI=1S/C45H32/c1-45(2)39-25-13-24-34(44(39)43-33-19-7-6-14-29(33)26-27-40(43)45)31-17-12-18-32(28-31)42-37-22-10-8-20-35(37)41(30-15-4-3-5-16-30)36-21-9-11-23-38(36)42/h3-28H,1-2H3. The molecule has 0 saturated carbocycles. The van der Waals surface area contributed by atoms with E-state index in [2.05, 4.69) is 172 Å². The first-order valence-electron chi connectivity index (χ1n) is 15.9. The number of benzene rings is 8. The molecule has 0 bridgehead atoms. The molecule has 0 nitrogen and oxygen atoms in total. The third kappa shape index (κ3) is 3.79. The first-order valence-corrected chi connectivity index (χ1v) is 15.9. The smallest absolute Gasteiger partial charge is 0.0159 e. The van der Waals surface area contributed by atoms with Crippen molar-refractivity contribution in [3.8, 4) is 44.5 Å². The first kappa shape index (κ1) is 26.0. The molecule has 45 heavy (non-hydrogen) atoms. The summed E-state index contributed by atoms with van der Waals surface area (Å²) in [7, 11) is 0. The van der Waals surface area contributed by atoms with Crippen molar-refractivity contribution in [2.75, 3.05) is 0 Å². The second-order valence-corrected chi connectivity index (χ2v) is 12.9. The molecule has 0 amide bonds. The van der Waals surface area contributed by atoms with E-state index in [4.69, 9.17) is 0 Å². The maximum atomic E-state index is 2.42. The Balaban J connectivity index is 1.32. The summed E-state index contributed by atoms with van der Waals surface area (Å²) in [6, 6.07) is 58.3. The maximum Gasteiger partial charge on any atom is 0.0159 e. The van der Waals surface area contributed by atoms with Gasteiger partial charge in [-0.3, -0.25) is 0 Å². The molecule has 1 aliphatic carbocycles. The van der Waals surface area contributed by atoms with E-state index in [-0.39, 0.29) is 5.41 Å². The van der Waals surface area contributed by atoms with Crippen molar-refractivity contribution < 1.29 is 0 Å². The summed E-state index contributed by atoms with van der Waals surface area (Å²) in [5, 5.41) is 7.75. The molecule has 0 heterocycles. The number of fused-ring (bicyclic) bond motifs is 7. The van der Waals surface area contributed by atoms with E-state index in [0.717, 1.165) is 0 Å². The third-order valence-corrected chi connectivity index (χ3v) is 10.0. The van der Waals surface area contributed by atoms with Crippen LogP contribution in [0.5, 0.6) is 0 Å². The lowest BCUT2D eigenvalue weighted by Gasteiger charge is -2.22. The van der Waals surface area contributed by atoms with Crippen LogP contribution in [0.4, 0.5) is 0 Å². The van der Waals surface area contributed by atoms with Gasteiger partial charge in [0.05, 0.1) is 0 Å². The number of hydrogen-bond donors (Lipinski definition) is 0. The second kappa shape index (κ2) is 9.78. The molecule has 9 rings (SSSR count). The van der Waals surface area contributed by atoms with Crippen molar-refractivity contribution in [3.63, 3.8) is 0 Å². The summed E-state index contributed by atoms with van der Waals surface area (Å²) < 4.78 is 0. The lowest BCUT2D eigenvalue weighted by molar-refractivity contribution is 0.661. The van der Waals surface area contributed by atoms with E-state index in [9.17, 15) is 0 Å². The Morgan fingerprint density at radius 2 is 0.844 bits per heavy atom. The second-order valence-electron chi connectivity index (χ2n) is 12.9. The summed E-state index contributed by atoms with van der Waals surface area (Å²) in [5.41, 5.74) is 13.1. The van der Waals surface area contributed by atoms with Crippen molar-refractivity contribution in [2.45, 2.75) is 19.3 Å². The van der Waals surface area contributed by atoms with Gasteiger partial charge >= 0.3 is 0 Å². The molecule has 0 radical (unpaired) electrons. The van der Waals surface area contributed by atoms with Gasteiger partial charge in [-0.05, 0) is 94.0 Å². The van der Waals surface area contributed by atoms with Gasteiger partial charge in [-0.25, -0.2) is 0 Å². The Bertz CT molecular complexity index is 2390. The fourth-order valence-electron chi connectivity index (χ4n) is 7.99. The molecule has 1 aliphatic rings. The predicted octanol–water partition coefficient (Wildman–Crippen LogP) is 12.5. The van der Waals surface area contributed by atoms with Crippen LogP contribution in [-0.2, 0) is 5.41 Å². The fourth-order valence-corrected chi connectivity index (χ4v) is 7.99. The zero-order valence-electron chi connectivity index (χ0n) is 25.5. The predicted molar refractivity (Wildman–Crippen MR) is 193 cm³/mol. The SMILES string of the molecule is CC1(C)c2cccc(-c3cccc(-c4c5ccccc5c(-c5ccccc5)c5ccccc45)c3)c2-c2c1ccc1ccccc21. The number of rotatable bonds is 3. The quantitative estimate of drug-likeness (QED) is 0.185. The molecule has 0 atom stereocenters. The first-order chi connectivity index (χ1) is 22.1. The van der Waals surface area contributed by atoms with Crippen LogP contribution < -0.4 is 0 Å². The van der Waals surface area contributed by atoms with Crippen molar-refractivity contribution in [3.05, 3.63) is 169 Å². The van der Waals surface area contributed by atoms with Gasteiger partial charge in [-0.15, -0.1) is 0 Å². The van der Waals surface area contributed by atoms with E-state index >= 15 is 0 Å². The molecule has 0 heteroatoms. The molecule has 0 saturated heterocycles. The van der Waals surface area contributed by atoms with E-state index < -0.39 is 0 Å². The van der Waals surface area contributed by atoms with E-state index in [1.54, 1.807) is 0 Å². The van der Waals surface area contributed by atoms with Gasteiger partial charge < -0.3 is 0 Å². The summed E-state index contributed by atoms with van der Waals surface area (Å²) >= 11 is 0. The Kier molecular flexibility index (Phi) is 5.64. The van der Waals surface area contributed by atoms with Crippen LogP contribution >= 0.6 is 0 Å². The van der Waals surface area contributed by atoms with Crippen molar-refractivity contribution in [1.82, 2.24) is 0 Å². The van der Waals surface area contributed by atoms with Crippen LogP contribution in [0.1, 0.15) is 25.0 Å². The molecular weight excluding hydrogens is 540 g/mol. The highest BCUT2D eigenvalue weighted by Gasteiger charge is 2.37. The zero-order valence-corrected chi connectivity index (χ0v) is 25.5. The molecule has 0 aromatic heterocycles. The normalized spacial score (nSPS) is 13.3. The van der Waals surface area contributed by atoms with Crippen LogP contribution in [0.2, 0.25) is 0 Å². The molecule has 0 N–H and O–H groups in total. The lowest BCUT2D eigenvalue weighted by atomic mass is 9.81. The van der Waals surface area contributed by atoms with Crippen LogP contribution in [0.15, 0.2) is 158 Å². The molecule has 0 fully saturated rings. The minimum Gasteiger partial charge on any atom is -0.0622 e. The molecule has 212 valence electrons. The monoisotopic (exact) mass is 572 g/mol. The van der Waals surface area contributed by atoms with E-state index in [1.165, 1.54) is 88.0 Å². The van der Waals surface area contributed by atoms with Crippen LogP contribution in [0, 0.1) is 0 Å². The van der Waals surface area contributed by atoms with Crippen LogP contribution in [-0.4, -0.2) is 0 Å². The Labute approximate surface area is 264 Å². The van der Waals surface area contributed by atoms with Gasteiger partial charge in [-0.2, -0.15) is 0 Å². The van der Waals surface area contributed by atoms with Crippen molar-refractivity contribution in [2.24, 2.45) is 0 Å². The molecule has 8 aromatic rings. The average Bonchev–Trinajstić information content (AvgIpc) is 3.34. The van der Waals surface area contributed by atoms with Crippen molar-refractivity contribution >= 4 is 32.3 Å². The lowest BCUT2D eigenvalue weighted by Crippen LogP contribution is -2.14. The summed E-state index contributed by atoms with van der Waals surface area (Å²) in [4.78, 5) is 0. The van der Waals surface area contributed by atoms with Crippen LogP contribution in [0.3, 0.4) is 0 Å².